The van der Waals surface area contributed by atoms with Gasteiger partial charge in [0.25, 0.3) is 0 Å². The Morgan fingerprint density at radius 3 is 2.58 bits per heavy atom. The Morgan fingerprint density at radius 2 is 1.94 bits per heavy atom. The number of halogens is 1. The SMILES string of the molecule is CCC(C)C[C@@H](CC(=O)N1CCC[C@H]1C[C@@H](C)C(=O)N[C@H](C)[I-]c1ccccc1)OC. The number of nitrogens with one attached hydrogen (secondary N) is 1. The molecule has 1 N–H and O–H groups in total. The summed E-state index contributed by atoms with van der Waals surface area (Å²) in [4.78, 5) is 27.8. The maximum absolute atomic E-state index is 13.0. The number of ether oxygens (including phenoxy) is 1. The van der Waals surface area contributed by atoms with Crippen molar-refractivity contribution in [2.24, 2.45) is 11.8 Å². The Kier molecular flexibility index (Phi) is 11.3. The summed E-state index contributed by atoms with van der Waals surface area (Å²) in [5, 5.41) is 3.20. The van der Waals surface area contributed by atoms with Crippen LogP contribution in [-0.2, 0) is 14.3 Å². The van der Waals surface area contributed by atoms with Gasteiger partial charge in [0.15, 0.2) is 0 Å². The van der Waals surface area contributed by atoms with Gasteiger partial charge in [-0.1, -0.05) is 20.3 Å². The van der Waals surface area contributed by atoms with Crippen LogP contribution in [0.3, 0.4) is 0 Å². The molecule has 176 valence electrons. The first-order valence-electron chi connectivity index (χ1n) is 11.6. The molecule has 1 aliphatic heterocycles. The first kappa shape index (κ1) is 26.1. The summed E-state index contributed by atoms with van der Waals surface area (Å²) in [6.07, 6.45) is 5.17. The summed E-state index contributed by atoms with van der Waals surface area (Å²) in [6, 6.07) is 10.6. The summed E-state index contributed by atoms with van der Waals surface area (Å²) >= 11 is -0.263. The van der Waals surface area contributed by atoms with E-state index in [2.05, 4.69) is 50.4 Å². The van der Waals surface area contributed by atoms with E-state index in [9.17, 15) is 9.59 Å². The molecule has 5 nitrogen and oxygen atoms in total. The number of nitrogens with zero attached hydrogens (tertiary/aromatic N) is 1. The number of alkyl halides is 1. The van der Waals surface area contributed by atoms with Crippen molar-refractivity contribution in [3.05, 3.63) is 33.9 Å². The van der Waals surface area contributed by atoms with E-state index in [0.29, 0.717) is 12.3 Å². The predicted octanol–water partition coefficient (Wildman–Crippen LogP) is 1.27. The van der Waals surface area contributed by atoms with E-state index in [1.54, 1.807) is 7.11 Å². The summed E-state index contributed by atoms with van der Waals surface area (Å²) in [6.45, 7) is 9.26. The standard InChI is InChI=1S/C25H40IN2O3/c1-6-18(2)15-23(31-5)17-24(29)28-14-10-13-22(28)16-19(3)25(30)27-20(4)26-21-11-8-7-9-12-21/h7-9,11-12,18-20,22-23H,6,10,13-17H2,1-5H3,(H,27,30)/q-1/t18?,19-,20-,22+,23+/m1/s1. The van der Waals surface area contributed by atoms with E-state index in [1.807, 2.05) is 17.9 Å². The van der Waals surface area contributed by atoms with Crippen LogP contribution < -0.4 is 26.5 Å². The molecule has 2 amide bonds. The van der Waals surface area contributed by atoms with E-state index < -0.39 is 0 Å². The third kappa shape index (κ3) is 8.72. The van der Waals surface area contributed by atoms with Crippen LogP contribution in [0.25, 0.3) is 0 Å². The van der Waals surface area contributed by atoms with Crippen LogP contribution in [0, 0.1) is 15.4 Å². The topological polar surface area (TPSA) is 58.6 Å². The molecule has 0 radical (unpaired) electrons. The minimum absolute atomic E-state index is 0.0211. The number of amides is 2. The van der Waals surface area contributed by atoms with Crippen molar-refractivity contribution in [1.82, 2.24) is 10.2 Å². The molecule has 1 unspecified atom stereocenters. The van der Waals surface area contributed by atoms with Gasteiger partial charge in [0.2, 0.25) is 0 Å². The molecule has 0 spiro atoms. The van der Waals surface area contributed by atoms with Gasteiger partial charge in [-0.25, -0.2) is 0 Å². The van der Waals surface area contributed by atoms with Crippen LogP contribution >= 0.6 is 0 Å². The zero-order chi connectivity index (χ0) is 22.8. The van der Waals surface area contributed by atoms with E-state index >= 15 is 0 Å². The van der Waals surface area contributed by atoms with E-state index in [1.165, 1.54) is 3.57 Å². The zero-order valence-corrected chi connectivity index (χ0v) is 21.9. The Morgan fingerprint density at radius 1 is 1.23 bits per heavy atom. The summed E-state index contributed by atoms with van der Waals surface area (Å²) in [5.41, 5.74) is 0. The quantitative estimate of drug-likeness (QED) is 0.246. The van der Waals surface area contributed by atoms with Crippen LogP contribution in [0.1, 0.15) is 66.2 Å². The van der Waals surface area contributed by atoms with Crippen molar-refractivity contribution in [2.75, 3.05) is 13.7 Å². The van der Waals surface area contributed by atoms with Gasteiger partial charge in [0.05, 0.1) is 0 Å². The van der Waals surface area contributed by atoms with Crippen molar-refractivity contribution in [2.45, 2.75) is 82.4 Å². The number of hydrogen-bond donors (Lipinski definition) is 1. The normalized spacial score (nSPS) is 20.3. The molecule has 31 heavy (non-hydrogen) atoms. The average molecular weight is 544 g/mol. The molecule has 5 atom stereocenters. The van der Waals surface area contributed by atoms with Crippen LogP contribution in [0.15, 0.2) is 30.3 Å². The van der Waals surface area contributed by atoms with Gasteiger partial charge in [0, 0.05) is 0 Å². The minimum atomic E-state index is -0.263. The third-order valence-electron chi connectivity index (χ3n) is 6.23. The van der Waals surface area contributed by atoms with Crippen molar-refractivity contribution in [3.8, 4) is 0 Å². The van der Waals surface area contributed by atoms with Gasteiger partial charge in [-0.3, -0.25) is 0 Å². The molecular weight excluding hydrogens is 503 g/mol. The molecule has 1 saturated heterocycles. The summed E-state index contributed by atoms with van der Waals surface area (Å²) in [7, 11) is 1.70. The summed E-state index contributed by atoms with van der Waals surface area (Å²) < 4.78 is 7.12. The zero-order valence-electron chi connectivity index (χ0n) is 19.8. The fraction of sp³-hybridized carbons (Fsp3) is 0.680. The van der Waals surface area contributed by atoms with Gasteiger partial charge < -0.3 is 0 Å². The molecule has 0 aliphatic carbocycles. The second kappa shape index (κ2) is 13.4. The fourth-order valence-corrected chi connectivity index (χ4v) is 6.53. The average Bonchev–Trinajstić information content (AvgIpc) is 3.21. The number of likely N-dealkylation sites (tertiary alicyclic amines) is 1. The van der Waals surface area contributed by atoms with Gasteiger partial charge >= 0.3 is 179 Å². The molecule has 6 heteroatoms. The van der Waals surface area contributed by atoms with E-state index in [4.69, 9.17) is 4.74 Å². The number of carbonyl (C=O) groups excluding carboxylic acids is 2. The monoisotopic (exact) mass is 543 g/mol. The molecule has 1 heterocycles. The van der Waals surface area contributed by atoms with Gasteiger partial charge in [-0.2, -0.15) is 0 Å². The molecule has 2 rings (SSSR count). The fourth-order valence-electron chi connectivity index (χ4n) is 4.16. The van der Waals surface area contributed by atoms with Crippen LogP contribution in [-0.4, -0.2) is 46.6 Å². The molecule has 1 aliphatic rings. The van der Waals surface area contributed by atoms with E-state index in [0.717, 1.165) is 38.6 Å². The van der Waals surface area contributed by atoms with Crippen molar-refractivity contribution < 1.29 is 35.5 Å². The van der Waals surface area contributed by atoms with E-state index in [-0.39, 0.29) is 55.1 Å². The van der Waals surface area contributed by atoms with Crippen molar-refractivity contribution in [1.29, 1.82) is 0 Å². The molecule has 1 aromatic carbocycles. The number of hydrogen-bond acceptors (Lipinski definition) is 3. The third-order valence-corrected chi connectivity index (χ3v) is 8.92. The molecule has 1 aromatic rings. The molecular formula is C25H40IN2O3-. The summed E-state index contributed by atoms with van der Waals surface area (Å²) in [5.74, 6) is 0.734. The van der Waals surface area contributed by atoms with Crippen LogP contribution in [0.4, 0.5) is 0 Å². The van der Waals surface area contributed by atoms with Crippen LogP contribution in [0.2, 0.25) is 0 Å². The predicted molar refractivity (Wildman–Crippen MR) is 121 cm³/mol. The van der Waals surface area contributed by atoms with Gasteiger partial charge in [0.1, 0.15) is 0 Å². The number of rotatable bonds is 12. The van der Waals surface area contributed by atoms with Gasteiger partial charge in [-0.15, -0.1) is 0 Å². The van der Waals surface area contributed by atoms with Crippen LogP contribution in [0.5, 0.6) is 0 Å². The Bertz CT molecular complexity index is 685. The first-order valence-corrected chi connectivity index (χ1v) is 14.0. The molecule has 0 saturated carbocycles. The maximum atomic E-state index is 13.0. The Balaban J connectivity index is 1.84. The Hall–Kier alpha value is -1.15. The number of benzene rings is 1. The Labute approximate surface area is 198 Å². The van der Waals surface area contributed by atoms with Crippen molar-refractivity contribution >= 4 is 11.8 Å². The molecule has 1 fully saturated rings. The molecule has 0 aromatic heterocycles. The van der Waals surface area contributed by atoms with Crippen molar-refractivity contribution in [3.63, 3.8) is 0 Å². The second-order valence-corrected chi connectivity index (χ2v) is 12.6. The second-order valence-electron chi connectivity index (χ2n) is 8.86. The van der Waals surface area contributed by atoms with Gasteiger partial charge in [-0.05, 0) is 0 Å². The molecule has 0 bridgehead atoms. The number of methoxy groups -OCH3 is 1. The number of carbonyl (C=O) groups is 2. The first-order chi connectivity index (χ1) is 14.8.